The van der Waals surface area contributed by atoms with Crippen LogP contribution in [0.5, 0.6) is 5.75 Å². The number of thiophene rings is 1. The Balaban J connectivity index is 1.48. The van der Waals surface area contributed by atoms with E-state index in [9.17, 15) is 9.59 Å². The van der Waals surface area contributed by atoms with Crippen molar-refractivity contribution in [1.29, 1.82) is 0 Å². The average Bonchev–Trinajstić information content (AvgIpc) is 3.36. The number of H-pyrrole nitrogens is 1. The predicted octanol–water partition coefficient (Wildman–Crippen LogP) is 1.99. The van der Waals surface area contributed by atoms with Crippen LogP contribution in [0.3, 0.4) is 0 Å². The second-order valence-corrected chi connectivity index (χ2v) is 7.99. The first-order valence-electron chi connectivity index (χ1n) is 9.62. The van der Waals surface area contributed by atoms with E-state index in [0.29, 0.717) is 45.4 Å². The number of carbonyl (C=O) groups excluding carboxylic acids is 2. The van der Waals surface area contributed by atoms with Gasteiger partial charge in [0.1, 0.15) is 16.4 Å². The number of aromatic nitrogens is 2. The largest absolute Gasteiger partial charge is 0.496 e. The molecule has 2 unspecified atom stereocenters. The summed E-state index contributed by atoms with van der Waals surface area (Å²) in [6.07, 6.45) is -0.0665. The fourth-order valence-electron chi connectivity index (χ4n) is 3.31. The van der Waals surface area contributed by atoms with Gasteiger partial charge in [0.15, 0.2) is 0 Å². The molecule has 30 heavy (non-hydrogen) atoms. The zero-order valence-corrected chi connectivity index (χ0v) is 17.5. The summed E-state index contributed by atoms with van der Waals surface area (Å²) in [4.78, 5) is 26.5. The number of nitrogens with one attached hydrogen (secondary N) is 4. The van der Waals surface area contributed by atoms with Crippen LogP contribution in [0.15, 0.2) is 30.3 Å². The first kappa shape index (κ1) is 20.3. The molecule has 9 nitrogen and oxygen atoms in total. The van der Waals surface area contributed by atoms with Crippen LogP contribution in [0.2, 0.25) is 0 Å². The van der Waals surface area contributed by atoms with Gasteiger partial charge in [-0.05, 0) is 25.1 Å². The SMILES string of the molecule is COc1ccccc1C(=O)Nc1[nH]nc2sc(C(=O)NC(C)C3CNCCO3)cc12. The van der Waals surface area contributed by atoms with Crippen molar-refractivity contribution in [2.45, 2.75) is 19.1 Å². The number of morpholine rings is 1. The molecule has 0 saturated carbocycles. The van der Waals surface area contributed by atoms with Crippen molar-refractivity contribution in [3.05, 3.63) is 40.8 Å². The van der Waals surface area contributed by atoms with Crippen LogP contribution in [-0.2, 0) is 4.74 Å². The number of fused-ring (bicyclic) bond motifs is 1. The molecule has 1 aliphatic rings. The Morgan fingerprint density at radius 2 is 2.17 bits per heavy atom. The van der Waals surface area contributed by atoms with Crippen molar-refractivity contribution >= 4 is 39.2 Å². The van der Waals surface area contributed by atoms with E-state index >= 15 is 0 Å². The van der Waals surface area contributed by atoms with Gasteiger partial charge in [0.05, 0.1) is 41.7 Å². The van der Waals surface area contributed by atoms with E-state index in [0.717, 1.165) is 6.54 Å². The topological polar surface area (TPSA) is 117 Å². The third-order valence-electron chi connectivity index (χ3n) is 4.94. The summed E-state index contributed by atoms with van der Waals surface area (Å²) in [7, 11) is 1.51. The molecule has 1 saturated heterocycles. The number of nitrogens with zero attached hydrogens (tertiary/aromatic N) is 1. The van der Waals surface area contributed by atoms with Gasteiger partial charge in [-0.15, -0.1) is 11.3 Å². The molecule has 2 atom stereocenters. The Labute approximate surface area is 177 Å². The number of aromatic amines is 1. The number of hydrogen-bond donors (Lipinski definition) is 4. The summed E-state index contributed by atoms with van der Waals surface area (Å²) in [5.74, 6) is 0.390. The van der Waals surface area contributed by atoms with Gasteiger partial charge < -0.3 is 25.4 Å². The summed E-state index contributed by atoms with van der Waals surface area (Å²) in [6, 6.07) is 8.55. The van der Waals surface area contributed by atoms with Crippen molar-refractivity contribution in [1.82, 2.24) is 20.8 Å². The molecular formula is C20H23N5O4S. The molecule has 158 valence electrons. The molecule has 4 N–H and O–H groups in total. The van der Waals surface area contributed by atoms with E-state index in [2.05, 4.69) is 26.1 Å². The van der Waals surface area contributed by atoms with Crippen LogP contribution in [0, 0.1) is 0 Å². The van der Waals surface area contributed by atoms with Gasteiger partial charge in [0.2, 0.25) is 0 Å². The number of hydrogen-bond acceptors (Lipinski definition) is 7. The van der Waals surface area contributed by atoms with Gasteiger partial charge >= 0.3 is 0 Å². The van der Waals surface area contributed by atoms with Gasteiger partial charge in [-0.2, -0.15) is 5.10 Å². The normalized spacial score (nSPS) is 17.5. The van der Waals surface area contributed by atoms with Gasteiger partial charge in [0, 0.05) is 13.1 Å². The number of amides is 2. The summed E-state index contributed by atoms with van der Waals surface area (Å²) < 4.78 is 10.9. The molecule has 2 amide bonds. The Kier molecular flexibility index (Phi) is 5.98. The Hall–Kier alpha value is -2.95. The number of anilines is 1. The Morgan fingerprint density at radius 1 is 1.33 bits per heavy atom. The lowest BCUT2D eigenvalue weighted by atomic mass is 10.1. The van der Waals surface area contributed by atoms with Crippen molar-refractivity contribution < 1.29 is 19.1 Å². The van der Waals surface area contributed by atoms with E-state index < -0.39 is 0 Å². The predicted molar refractivity (Wildman–Crippen MR) is 114 cm³/mol. The van der Waals surface area contributed by atoms with Gasteiger partial charge in [0.25, 0.3) is 11.8 Å². The fourth-order valence-corrected chi connectivity index (χ4v) is 4.21. The molecule has 1 fully saturated rings. The zero-order chi connectivity index (χ0) is 21.1. The smallest absolute Gasteiger partial charge is 0.261 e. The molecule has 3 heterocycles. The minimum absolute atomic E-state index is 0.0665. The molecule has 0 radical (unpaired) electrons. The molecule has 0 bridgehead atoms. The number of para-hydroxylation sites is 1. The Morgan fingerprint density at radius 3 is 2.93 bits per heavy atom. The molecule has 0 aliphatic carbocycles. The summed E-state index contributed by atoms with van der Waals surface area (Å²) >= 11 is 1.26. The lowest BCUT2D eigenvalue weighted by Gasteiger charge is -2.29. The average molecular weight is 430 g/mol. The van der Waals surface area contributed by atoms with Gasteiger partial charge in [-0.3, -0.25) is 14.7 Å². The van der Waals surface area contributed by atoms with Crippen molar-refractivity contribution in [2.24, 2.45) is 0 Å². The maximum atomic E-state index is 12.7. The summed E-state index contributed by atoms with van der Waals surface area (Å²) in [5.41, 5.74) is 0.408. The van der Waals surface area contributed by atoms with Crippen molar-refractivity contribution in [2.75, 3.05) is 32.1 Å². The molecule has 0 spiro atoms. The molecule has 2 aromatic heterocycles. The molecule has 10 heteroatoms. The number of carbonyl (C=O) groups is 2. The monoisotopic (exact) mass is 429 g/mol. The van der Waals surface area contributed by atoms with Crippen molar-refractivity contribution in [3.63, 3.8) is 0 Å². The van der Waals surface area contributed by atoms with E-state index in [-0.39, 0.29) is 24.0 Å². The molecule has 1 aliphatic heterocycles. The van der Waals surface area contributed by atoms with E-state index in [1.807, 2.05) is 6.92 Å². The van der Waals surface area contributed by atoms with Crippen molar-refractivity contribution in [3.8, 4) is 5.75 Å². The van der Waals surface area contributed by atoms with Crippen LogP contribution < -0.4 is 20.7 Å². The minimum atomic E-state index is -0.328. The highest BCUT2D eigenvalue weighted by Gasteiger charge is 2.24. The number of benzene rings is 1. The number of rotatable bonds is 6. The highest BCUT2D eigenvalue weighted by molar-refractivity contribution is 7.20. The number of ether oxygens (including phenoxy) is 2. The standard InChI is InChI=1S/C20H23N5O4S/c1-11(15-10-21-7-8-29-15)22-19(27)16-9-13-17(24-25-20(13)30-16)23-18(26)12-5-3-4-6-14(12)28-2/h3-6,9,11,15,21H,7-8,10H2,1-2H3,(H,22,27)(H2,23,24,25,26). The van der Waals surface area contributed by atoms with Gasteiger partial charge in [-0.25, -0.2) is 0 Å². The quantitative estimate of drug-likeness (QED) is 0.476. The van der Waals surface area contributed by atoms with E-state index in [4.69, 9.17) is 9.47 Å². The third kappa shape index (κ3) is 4.16. The van der Waals surface area contributed by atoms with Crippen LogP contribution in [-0.4, -0.2) is 61.0 Å². The summed E-state index contributed by atoms with van der Waals surface area (Å²) in [6.45, 7) is 4.08. The summed E-state index contributed by atoms with van der Waals surface area (Å²) in [5, 5.41) is 16.8. The highest BCUT2D eigenvalue weighted by Crippen LogP contribution is 2.30. The molecule has 4 rings (SSSR count). The number of methoxy groups -OCH3 is 1. The second kappa shape index (κ2) is 8.82. The second-order valence-electron chi connectivity index (χ2n) is 6.96. The lowest BCUT2D eigenvalue weighted by molar-refractivity contribution is 0.00864. The van der Waals surface area contributed by atoms with Crippen LogP contribution >= 0.6 is 11.3 Å². The van der Waals surface area contributed by atoms with E-state index in [1.165, 1.54) is 18.4 Å². The minimum Gasteiger partial charge on any atom is -0.496 e. The van der Waals surface area contributed by atoms with Crippen LogP contribution in [0.4, 0.5) is 5.82 Å². The van der Waals surface area contributed by atoms with E-state index in [1.54, 1.807) is 30.3 Å². The highest BCUT2D eigenvalue weighted by atomic mass is 32.1. The third-order valence-corrected chi connectivity index (χ3v) is 5.97. The fraction of sp³-hybridized carbons (Fsp3) is 0.350. The molecular weight excluding hydrogens is 406 g/mol. The first-order valence-corrected chi connectivity index (χ1v) is 10.4. The molecule has 1 aromatic carbocycles. The first-order chi connectivity index (χ1) is 14.6. The van der Waals surface area contributed by atoms with Crippen LogP contribution in [0.1, 0.15) is 27.0 Å². The zero-order valence-electron chi connectivity index (χ0n) is 16.7. The lowest BCUT2D eigenvalue weighted by Crippen LogP contribution is -2.50. The maximum Gasteiger partial charge on any atom is 0.261 e. The molecule has 3 aromatic rings. The maximum absolute atomic E-state index is 12.7. The van der Waals surface area contributed by atoms with Crippen LogP contribution in [0.25, 0.3) is 10.2 Å². The Bertz CT molecular complexity index is 1060. The van der Waals surface area contributed by atoms with Gasteiger partial charge in [-0.1, -0.05) is 12.1 Å².